The zero-order valence-corrected chi connectivity index (χ0v) is 17.3. The molecule has 0 bridgehead atoms. The number of halogens is 6. The van der Waals surface area contributed by atoms with E-state index in [9.17, 15) is 25.2 Å². The maximum absolute atomic E-state index is 10.7. The Bertz CT molecular complexity index is 383. The van der Waals surface area contributed by atoms with Crippen LogP contribution in [-0.2, 0) is 0 Å². The van der Waals surface area contributed by atoms with E-state index in [-0.39, 0.29) is 0 Å². The van der Waals surface area contributed by atoms with Gasteiger partial charge in [0, 0.05) is 5.92 Å². The van der Waals surface area contributed by atoms with Crippen LogP contribution in [0.4, 0.5) is 25.2 Å². The van der Waals surface area contributed by atoms with Gasteiger partial charge in [0.2, 0.25) is 0 Å². The Kier molecular flexibility index (Phi) is 11.4. The Hall–Kier alpha value is -0.550. The molecule has 0 aromatic rings. The van der Waals surface area contributed by atoms with Gasteiger partial charge in [-0.1, -0.05) is 59.6 Å². The van der Waals surface area contributed by atoms with Crippen LogP contribution < -0.4 is 0 Å². The van der Waals surface area contributed by atoms with Crippen LogP contribution in [-0.4, -0.2) is 30.7 Å². The molecule has 0 aromatic heterocycles. The molecule has 0 aromatic carbocycles. The van der Waals surface area contributed by atoms with Gasteiger partial charge in [-0.15, -0.1) is 0 Å². The van der Waals surface area contributed by atoms with Crippen molar-refractivity contribution < 1.29 is 29.7 Å². The third-order valence-electron chi connectivity index (χ3n) is 3.98. The Morgan fingerprint density at radius 3 is 1.65 bits per heavy atom. The van der Waals surface area contributed by atoms with Gasteiger partial charge in [-0.05, 0) is 25.0 Å². The molecule has 0 spiro atoms. The van der Waals surface area contributed by atoms with E-state index < -0.39 is 7.81 Å². The van der Waals surface area contributed by atoms with Crippen molar-refractivity contribution in [1.29, 1.82) is 0 Å². The molecule has 0 saturated carbocycles. The summed E-state index contributed by atoms with van der Waals surface area (Å²) in [6.45, 7) is 19.6. The summed E-state index contributed by atoms with van der Waals surface area (Å²) in [5.41, 5.74) is 0. The molecule has 0 radical (unpaired) electrons. The number of hydrogen-bond acceptors (Lipinski definition) is 0. The molecular formula is C18H36F6NP. The Morgan fingerprint density at radius 2 is 1.31 bits per heavy atom. The van der Waals surface area contributed by atoms with Crippen LogP contribution in [0.3, 0.4) is 0 Å². The topological polar surface area (TPSA) is 0 Å². The fourth-order valence-corrected chi connectivity index (χ4v) is 3.19. The van der Waals surface area contributed by atoms with Gasteiger partial charge < -0.3 is 4.48 Å². The molecule has 8 heteroatoms. The van der Waals surface area contributed by atoms with Crippen LogP contribution in [0.1, 0.15) is 59.3 Å². The van der Waals surface area contributed by atoms with E-state index in [4.69, 9.17) is 0 Å². The van der Waals surface area contributed by atoms with Crippen molar-refractivity contribution in [3.8, 4) is 0 Å². The minimum atomic E-state index is -10.7. The fourth-order valence-electron chi connectivity index (χ4n) is 3.19. The molecule has 1 unspecified atom stereocenters. The van der Waals surface area contributed by atoms with Crippen molar-refractivity contribution in [3.05, 3.63) is 25.3 Å². The van der Waals surface area contributed by atoms with Crippen molar-refractivity contribution in [2.75, 3.05) is 26.2 Å². The van der Waals surface area contributed by atoms with Gasteiger partial charge in [0.15, 0.2) is 0 Å². The van der Waals surface area contributed by atoms with Gasteiger partial charge in [-0.25, -0.2) is 0 Å². The first kappa shape index (κ1) is 27.7. The summed E-state index contributed by atoms with van der Waals surface area (Å²) < 4.78 is 60.3. The first-order valence-corrected chi connectivity index (χ1v) is 11.2. The average molecular weight is 411 g/mol. The molecule has 0 fully saturated rings. The van der Waals surface area contributed by atoms with Crippen molar-refractivity contribution in [3.63, 3.8) is 0 Å². The number of unbranched alkanes of at least 4 members (excludes halogenated alkanes) is 3. The molecule has 0 saturated heterocycles. The second kappa shape index (κ2) is 10.7. The molecule has 0 rings (SSSR count). The number of hydrogen-bond donors (Lipinski definition) is 0. The Morgan fingerprint density at radius 1 is 0.846 bits per heavy atom. The van der Waals surface area contributed by atoms with E-state index in [1.807, 2.05) is 0 Å². The minimum absolute atomic E-state index is 0.809. The van der Waals surface area contributed by atoms with E-state index in [1.165, 1.54) is 51.6 Å². The number of quaternary nitrogens is 1. The van der Waals surface area contributed by atoms with Gasteiger partial charge in [-0.3, -0.25) is 0 Å². The molecule has 0 aliphatic carbocycles. The predicted molar refractivity (Wildman–Crippen MR) is 102 cm³/mol. The van der Waals surface area contributed by atoms with Crippen LogP contribution in [0.15, 0.2) is 25.3 Å². The first-order valence-electron chi connectivity index (χ1n) is 9.22. The van der Waals surface area contributed by atoms with Crippen molar-refractivity contribution in [2.24, 2.45) is 5.92 Å². The van der Waals surface area contributed by atoms with E-state index in [0.717, 1.165) is 23.5 Å². The summed E-state index contributed by atoms with van der Waals surface area (Å²) >= 11 is 0. The normalized spacial score (nSPS) is 15.9. The van der Waals surface area contributed by atoms with Crippen LogP contribution in [0.2, 0.25) is 0 Å². The molecule has 160 valence electrons. The Balaban J connectivity index is 0. The second-order valence-corrected chi connectivity index (χ2v) is 9.02. The average Bonchev–Trinajstić information content (AvgIpc) is 2.41. The quantitative estimate of drug-likeness (QED) is 0.0936. The van der Waals surface area contributed by atoms with E-state index in [0.29, 0.717) is 0 Å². The molecule has 0 aliphatic heterocycles. The molecular weight excluding hydrogens is 375 g/mol. The Labute approximate surface area is 155 Å². The standard InChI is InChI=1S/C18H36N.F6P/c1-6-10-11-12-13-18(5)17-19(14-7-2,15-8-3)16-9-4;1-7(2,3,4,5)6/h7-8,18H,2-3,6,9-17H2,1,4-5H3;/q+1;-1. The molecule has 26 heavy (non-hydrogen) atoms. The molecule has 1 nitrogen and oxygen atoms in total. The van der Waals surface area contributed by atoms with Crippen molar-refractivity contribution in [2.45, 2.75) is 59.3 Å². The van der Waals surface area contributed by atoms with E-state index in [1.54, 1.807) is 0 Å². The molecule has 0 aliphatic rings. The SMILES string of the molecule is C=CC[N+](CC=C)(CCC)CC(C)CCCCCC.F[P-](F)(F)(F)(F)F. The zero-order chi connectivity index (χ0) is 21.0. The molecule has 0 N–H and O–H groups in total. The first-order chi connectivity index (χ1) is 11.6. The van der Waals surface area contributed by atoms with Gasteiger partial charge in [0.25, 0.3) is 0 Å². The van der Waals surface area contributed by atoms with Crippen LogP contribution >= 0.6 is 7.81 Å². The summed E-state index contributed by atoms with van der Waals surface area (Å²) in [5, 5.41) is 0. The summed E-state index contributed by atoms with van der Waals surface area (Å²) in [7, 11) is -10.7. The monoisotopic (exact) mass is 411 g/mol. The molecule has 1 atom stereocenters. The fraction of sp³-hybridized carbons (Fsp3) is 0.778. The number of rotatable bonds is 13. The summed E-state index contributed by atoms with van der Waals surface area (Å²) in [6.07, 6.45) is 12.3. The molecule has 0 heterocycles. The zero-order valence-electron chi connectivity index (χ0n) is 16.4. The van der Waals surface area contributed by atoms with Crippen LogP contribution in [0.25, 0.3) is 0 Å². The summed E-state index contributed by atoms with van der Waals surface area (Å²) in [6, 6.07) is 0. The third-order valence-corrected chi connectivity index (χ3v) is 3.98. The summed E-state index contributed by atoms with van der Waals surface area (Å²) in [5.74, 6) is 0.809. The van der Waals surface area contributed by atoms with Gasteiger partial charge in [0.1, 0.15) is 0 Å². The third kappa shape index (κ3) is 23.4. The number of nitrogens with zero attached hydrogens (tertiary/aromatic N) is 1. The summed E-state index contributed by atoms with van der Waals surface area (Å²) in [4.78, 5) is 0. The van der Waals surface area contributed by atoms with Crippen LogP contribution in [0, 0.1) is 5.92 Å². The molecule has 0 amide bonds. The second-order valence-electron chi connectivity index (χ2n) is 7.10. The maximum atomic E-state index is 9.87. The van der Waals surface area contributed by atoms with Gasteiger partial charge >= 0.3 is 33.0 Å². The predicted octanol–water partition coefficient (Wildman–Crippen LogP) is 8.57. The van der Waals surface area contributed by atoms with Gasteiger partial charge in [-0.2, -0.15) is 0 Å². The van der Waals surface area contributed by atoms with E-state index >= 15 is 0 Å². The van der Waals surface area contributed by atoms with Crippen molar-refractivity contribution in [1.82, 2.24) is 0 Å². The van der Waals surface area contributed by atoms with Crippen LogP contribution in [0.5, 0.6) is 0 Å². The van der Waals surface area contributed by atoms with Crippen molar-refractivity contribution >= 4 is 7.81 Å². The van der Waals surface area contributed by atoms with Gasteiger partial charge in [0.05, 0.1) is 26.2 Å². The van der Waals surface area contributed by atoms with E-state index in [2.05, 4.69) is 46.1 Å².